The summed E-state index contributed by atoms with van der Waals surface area (Å²) in [5.41, 5.74) is 1.27. The first-order valence-corrected chi connectivity index (χ1v) is 10.2. The molecule has 1 fully saturated rings. The van der Waals surface area contributed by atoms with Gasteiger partial charge in [0.25, 0.3) is 0 Å². The number of ether oxygens (including phenoxy) is 1. The van der Waals surface area contributed by atoms with Gasteiger partial charge in [-0.25, -0.2) is 8.42 Å². The van der Waals surface area contributed by atoms with Crippen LogP contribution < -0.4 is 0 Å². The highest BCUT2D eigenvalue weighted by Crippen LogP contribution is 2.38. The van der Waals surface area contributed by atoms with E-state index in [0.717, 1.165) is 0 Å². The fourth-order valence-corrected chi connectivity index (χ4v) is 5.68. The molecule has 2 aromatic rings. The van der Waals surface area contributed by atoms with Crippen molar-refractivity contribution in [2.24, 2.45) is 7.05 Å². The van der Waals surface area contributed by atoms with Gasteiger partial charge in [0, 0.05) is 27.1 Å². The van der Waals surface area contributed by atoms with Gasteiger partial charge < -0.3 is 9.26 Å². The van der Waals surface area contributed by atoms with Crippen LogP contribution in [0.1, 0.15) is 49.4 Å². The monoisotopic (exact) mass is 383 g/mol. The van der Waals surface area contributed by atoms with Crippen LogP contribution in [0, 0.1) is 6.92 Å². The predicted octanol–water partition coefficient (Wildman–Crippen LogP) is 1.39. The van der Waals surface area contributed by atoms with E-state index in [1.54, 1.807) is 25.8 Å². The number of hydrogen-bond acceptors (Lipinski definition) is 7. The lowest BCUT2D eigenvalue weighted by Gasteiger charge is -2.22. The third-order valence-electron chi connectivity index (χ3n) is 4.80. The SMILES string of the molecule is CCc1nn(C)c(CC)c1S(=O)(=O)N1C[C@@H](OC)C[C@@H]1c1nc(C)no1. The van der Waals surface area contributed by atoms with Gasteiger partial charge in [0.05, 0.1) is 17.5 Å². The van der Waals surface area contributed by atoms with Crippen molar-refractivity contribution >= 4 is 10.0 Å². The third-order valence-corrected chi connectivity index (χ3v) is 6.81. The summed E-state index contributed by atoms with van der Waals surface area (Å²) in [6.07, 6.45) is 1.35. The number of rotatable bonds is 6. The molecular formula is C16H25N5O4S. The molecule has 0 radical (unpaired) electrons. The molecule has 0 aliphatic carbocycles. The van der Waals surface area contributed by atoms with Crippen LogP contribution in [-0.2, 0) is 34.6 Å². The Morgan fingerprint density at radius 2 is 2.04 bits per heavy atom. The minimum Gasteiger partial charge on any atom is -0.380 e. The number of aryl methyl sites for hydroxylation is 3. The van der Waals surface area contributed by atoms with E-state index < -0.39 is 16.1 Å². The molecular weight excluding hydrogens is 358 g/mol. The highest BCUT2D eigenvalue weighted by molar-refractivity contribution is 7.89. The van der Waals surface area contributed by atoms with Crippen molar-refractivity contribution in [3.63, 3.8) is 0 Å². The first-order chi connectivity index (χ1) is 12.3. The van der Waals surface area contributed by atoms with Gasteiger partial charge in [-0.1, -0.05) is 19.0 Å². The summed E-state index contributed by atoms with van der Waals surface area (Å²) in [6, 6.07) is -0.541. The van der Waals surface area contributed by atoms with Crippen LogP contribution in [0.5, 0.6) is 0 Å². The van der Waals surface area contributed by atoms with Crippen LogP contribution in [0.25, 0.3) is 0 Å². The zero-order valence-corrected chi connectivity index (χ0v) is 16.6. The summed E-state index contributed by atoms with van der Waals surface area (Å²) in [6.45, 7) is 5.78. The van der Waals surface area contributed by atoms with Crippen molar-refractivity contribution in [1.82, 2.24) is 24.2 Å². The van der Waals surface area contributed by atoms with Gasteiger partial charge in [-0.2, -0.15) is 14.4 Å². The quantitative estimate of drug-likeness (QED) is 0.742. The van der Waals surface area contributed by atoms with Gasteiger partial charge in [-0.3, -0.25) is 4.68 Å². The van der Waals surface area contributed by atoms with Gasteiger partial charge in [0.1, 0.15) is 10.9 Å². The highest BCUT2D eigenvalue weighted by Gasteiger charge is 2.45. The van der Waals surface area contributed by atoms with Gasteiger partial charge in [-0.05, 0) is 19.8 Å². The van der Waals surface area contributed by atoms with Crippen molar-refractivity contribution < 1.29 is 17.7 Å². The van der Waals surface area contributed by atoms with E-state index in [2.05, 4.69) is 15.2 Å². The Morgan fingerprint density at radius 3 is 2.58 bits per heavy atom. The van der Waals surface area contributed by atoms with E-state index in [4.69, 9.17) is 9.26 Å². The number of sulfonamides is 1. The molecule has 1 aliphatic rings. The predicted molar refractivity (Wildman–Crippen MR) is 93.0 cm³/mol. The van der Waals surface area contributed by atoms with Gasteiger partial charge in [0.2, 0.25) is 15.9 Å². The van der Waals surface area contributed by atoms with Crippen LogP contribution in [0.3, 0.4) is 0 Å². The number of aromatic nitrogens is 4. The molecule has 0 bridgehead atoms. The molecule has 1 aliphatic heterocycles. The summed E-state index contributed by atoms with van der Waals surface area (Å²) in [4.78, 5) is 4.54. The van der Waals surface area contributed by atoms with Gasteiger partial charge >= 0.3 is 0 Å². The highest BCUT2D eigenvalue weighted by atomic mass is 32.2. The van der Waals surface area contributed by atoms with Crippen LogP contribution in [0.2, 0.25) is 0 Å². The lowest BCUT2D eigenvalue weighted by Crippen LogP contribution is -2.33. The minimum absolute atomic E-state index is 0.228. The Morgan fingerprint density at radius 1 is 1.31 bits per heavy atom. The molecule has 0 saturated carbocycles. The normalized spacial score (nSPS) is 21.6. The molecule has 0 N–H and O–H groups in total. The topological polar surface area (TPSA) is 103 Å². The lowest BCUT2D eigenvalue weighted by atomic mass is 10.2. The molecule has 0 amide bonds. The Kier molecular flexibility index (Phi) is 5.18. The molecule has 1 saturated heterocycles. The minimum atomic E-state index is -3.79. The van der Waals surface area contributed by atoms with Crippen molar-refractivity contribution in [1.29, 1.82) is 0 Å². The second-order valence-electron chi connectivity index (χ2n) is 6.42. The van der Waals surface area contributed by atoms with Gasteiger partial charge in [-0.15, -0.1) is 0 Å². The molecule has 3 heterocycles. The zero-order chi connectivity index (χ0) is 19.1. The smallest absolute Gasteiger partial charge is 0.247 e. The summed E-state index contributed by atoms with van der Waals surface area (Å²) >= 11 is 0. The van der Waals surface area contributed by atoms with E-state index in [1.807, 2.05) is 13.8 Å². The van der Waals surface area contributed by atoms with Crippen LogP contribution in [0.15, 0.2) is 9.42 Å². The Balaban J connectivity index is 2.10. The first-order valence-electron chi connectivity index (χ1n) is 8.73. The van der Waals surface area contributed by atoms with Crippen molar-refractivity contribution in [2.75, 3.05) is 13.7 Å². The number of methoxy groups -OCH3 is 1. The molecule has 0 unspecified atom stereocenters. The van der Waals surface area contributed by atoms with E-state index in [-0.39, 0.29) is 12.6 Å². The number of nitrogens with zero attached hydrogens (tertiary/aromatic N) is 5. The fourth-order valence-electron chi connectivity index (χ4n) is 3.51. The molecule has 9 nitrogen and oxygen atoms in total. The second kappa shape index (κ2) is 7.09. The average molecular weight is 383 g/mol. The van der Waals surface area contributed by atoms with E-state index in [1.165, 1.54) is 4.31 Å². The van der Waals surface area contributed by atoms with Crippen molar-refractivity contribution in [3.05, 3.63) is 23.1 Å². The van der Waals surface area contributed by atoms with Crippen molar-refractivity contribution in [2.45, 2.75) is 57.1 Å². The molecule has 26 heavy (non-hydrogen) atoms. The molecule has 10 heteroatoms. The van der Waals surface area contributed by atoms with Crippen LogP contribution in [0.4, 0.5) is 0 Å². The third kappa shape index (κ3) is 3.06. The van der Waals surface area contributed by atoms with Crippen LogP contribution in [-0.4, -0.2) is 52.4 Å². The maximum atomic E-state index is 13.6. The largest absolute Gasteiger partial charge is 0.380 e. The summed E-state index contributed by atoms with van der Waals surface area (Å²) in [5, 5.41) is 8.21. The lowest BCUT2D eigenvalue weighted by molar-refractivity contribution is 0.114. The standard InChI is InChI=1S/C16H25N5O4S/c1-6-12-15(13(7-2)20(4)18-12)26(22,23)21-9-11(24-5)8-14(21)16-17-10(3)19-25-16/h11,14H,6-9H2,1-5H3/t11-,14+/m0/s1. The van der Waals surface area contributed by atoms with Crippen LogP contribution >= 0.6 is 0 Å². The van der Waals surface area contributed by atoms with E-state index >= 15 is 0 Å². The number of hydrogen-bond donors (Lipinski definition) is 0. The molecule has 144 valence electrons. The van der Waals surface area contributed by atoms with Crippen molar-refractivity contribution in [3.8, 4) is 0 Å². The summed E-state index contributed by atoms with van der Waals surface area (Å²) in [7, 11) is -0.437. The van der Waals surface area contributed by atoms with E-state index in [9.17, 15) is 8.42 Å². The molecule has 0 spiro atoms. The van der Waals surface area contributed by atoms with E-state index in [0.29, 0.717) is 47.3 Å². The first kappa shape index (κ1) is 19.0. The second-order valence-corrected chi connectivity index (χ2v) is 8.24. The zero-order valence-electron chi connectivity index (χ0n) is 15.8. The average Bonchev–Trinajstić information content (AvgIpc) is 3.30. The molecule has 2 atom stereocenters. The molecule has 3 rings (SSSR count). The van der Waals surface area contributed by atoms with Gasteiger partial charge in [0.15, 0.2) is 5.82 Å². The Labute approximate surface area is 153 Å². The molecule has 0 aromatic carbocycles. The summed E-state index contributed by atoms with van der Waals surface area (Å²) < 4.78 is 41.0. The summed E-state index contributed by atoms with van der Waals surface area (Å²) in [5.74, 6) is 0.772. The Bertz CT molecular complexity index is 889. The fraction of sp³-hybridized carbons (Fsp3) is 0.688. The maximum Gasteiger partial charge on any atom is 0.247 e. The molecule has 2 aromatic heterocycles. The maximum absolute atomic E-state index is 13.6. The Hall–Kier alpha value is -1.78.